The van der Waals surface area contributed by atoms with E-state index < -0.39 is 15.8 Å². The number of aryl methyl sites for hydroxylation is 1. The van der Waals surface area contributed by atoms with E-state index in [-0.39, 0.29) is 22.2 Å². The van der Waals surface area contributed by atoms with Crippen molar-refractivity contribution < 1.29 is 17.5 Å². The first kappa shape index (κ1) is 15.1. The maximum Gasteiger partial charge on any atom is 0.267 e. The number of nitrogens with one attached hydrogen (secondary N) is 1. The minimum absolute atomic E-state index is 0.0638. The fourth-order valence-corrected chi connectivity index (χ4v) is 3.25. The summed E-state index contributed by atoms with van der Waals surface area (Å²) in [5.41, 5.74) is 6.19. The molecule has 0 saturated carbocycles. The van der Waals surface area contributed by atoms with E-state index in [1.807, 2.05) is 0 Å². The van der Waals surface area contributed by atoms with Gasteiger partial charge in [0.2, 0.25) is 0 Å². The van der Waals surface area contributed by atoms with Crippen molar-refractivity contribution in [2.75, 3.05) is 17.6 Å². The van der Waals surface area contributed by atoms with Crippen molar-refractivity contribution in [3.8, 4) is 5.75 Å². The first-order valence-electron chi connectivity index (χ1n) is 5.91. The molecule has 0 atom stereocenters. The van der Waals surface area contributed by atoms with E-state index in [1.54, 1.807) is 14.0 Å². The van der Waals surface area contributed by atoms with E-state index in [4.69, 9.17) is 10.5 Å². The normalized spacial score (nSPS) is 11.4. The van der Waals surface area contributed by atoms with Crippen LogP contribution in [0.25, 0.3) is 0 Å². The van der Waals surface area contributed by atoms with Gasteiger partial charge >= 0.3 is 0 Å². The largest absolute Gasteiger partial charge is 0.494 e. The van der Waals surface area contributed by atoms with Crippen molar-refractivity contribution in [3.63, 3.8) is 0 Å². The number of sulfonamides is 1. The highest BCUT2D eigenvalue weighted by molar-refractivity contribution is 7.93. The molecule has 0 saturated heterocycles. The van der Waals surface area contributed by atoms with E-state index in [2.05, 4.69) is 9.82 Å². The number of hydrogen-bond donors (Lipinski definition) is 2. The predicted molar refractivity (Wildman–Crippen MR) is 76.1 cm³/mol. The van der Waals surface area contributed by atoms with Gasteiger partial charge in [0.1, 0.15) is 0 Å². The van der Waals surface area contributed by atoms with Crippen LogP contribution in [0.5, 0.6) is 5.75 Å². The van der Waals surface area contributed by atoms with Crippen molar-refractivity contribution in [1.29, 1.82) is 0 Å². The first-order valence-corrected chi connectivity index (χ1v) is 7.40. The Bertz CT molecular complexity index is 786. The Morgan fingerprint density at radius 2 is 2.10 bits per heavy atom. The lowest BCUT2D eigenvalue weighted by atomic mass is 10.3. The van der Waals surface area contributed by atoms with E-state index >= 15 is 0 Å². The Morgan fingerprint density at radius 3 is 2.62 bits per heavy atom. The molecule has 2 rings (SSSR count). The maximum atomic E-state index is 13.3. The van der Waals surface area contributed by atoms with Gasteiger partial charge in [-0.2, -0.15) is 5.10 Å². The Balaban J connectivity index is 2.42. The minimum Gasteiger partial charge on any atom is -0.494 e. The highest BCUT2D eigenvalue weighted by Crippen LogP contribution is 2.27. The van der Waals surface area contributed by atoms with Gasteiger partial charge in [-0.25, -0.2) is 12.8 Å². The van der Waals surface area contributed by atoms with Crippen molar-refractivity contribution in [1.82, 2.24) is 9.78 Å². The lowest BCUT2D eigenvalue weighted by molar-refractivity contribution is 0.387. The number of benzene rings is 1. The maximum absolute atomic E-state index is 13.3. The average Bonchev–Trinajstić information content (AvgIpc) is 2.65. The highest BCUT2D eigenvalue weighted by atomic mass is 32.2. The molecule has 1 aromatic heterocycles. The lowest BCUT2D eigenvalue weighted by Gasteiger charge is -2.10. The number of nitrogens with zero attached hydrogens (tertiary/aromatic N) is 2. The van der Waals surface area contributed by atoms with Gasteiger partial charge in [0, 0.05) is 13.1 Å². The molecule has 0 unspecified atom stereocenters. The number of ether oxygens (including phenoxy) is 1. The van der Waals surface area contributed by atoms with E-state index in [0.29, 0.717) is 5.69 Å². The van der Waals surface area contributed by atoms with Gasteiger partial charge in [-0.15, -0.1) is 0 Å². The monoisotopic (exact) mass is 314 g/mol. The smallest absolute Gasteiger partial charge is 0.267 e. The topological polar surface area (TPSA) is 99.2 Å². The van der Waals surface area contributed by atoms with Crippen molar-refractivity contribution >= 4 is 21.5 Å². The Labute approximate surface area is 121 Å². The second-order valence-electron chi connectivity index (χ2n) is 4.38. The van der Waals surface area contributed by atoms with Gasteiger partial charge < -0.3 is 10.5 Å². The number of aromatic nitrogens is 2. The van der Waals surface area contributed by atoms with Gasteiger partial charge in [-0.3, -0.25) is 9.40 Å². The summed E-state index contributed by atoms with van der Waals surface area (Å²) in [7, 11) is -1.05. The summed E-state index contributed by atoms with van der Waals surface area (Å²) >= 11 is 0. The number of nitrogens with two attached hydrogens (primary N) is 1. The number of halogens is 1. The Morgan fingerprint density at radius 1 is 1.43 bits per heavy atom. The molecule has 0 amide bonds. The number of anilines is 2. The summed E-state index contributed by atoms with van der Waals surface area (Å²) < 4.78 is 46.5. The van der Waals surface area contributed by atoms with E-state index in [1.165, 1.54) is 23.9 Å². The fraction of sp³-hybridized carbons (Fsp3) is 0.250. The van der Waals surface area contributed by atoms with Crippen molar-refractivity contribution in [3.05, 3.63) is 29.7 Å². The van der Waals surface area contributed by atoms with Gasteiger partial charge in [-0.1, -0.05) is 0 Å². The van der Waals surface area contributed by atoms with Crippen LogP contribution >= 0.6 is 0 Å². The molecule has 0 spiro atoms. The number of nitrogen functional groups attached to an aromatic ring is 1. The Kier molecular flexibility index (Phi) is 3.77. The molecular formula is C12H15FN4O3S. The second kappa shape index (κ2) is 5.24. The third-order valence-corrected chi connectivity index (χ3v) is 4.52. The minimum atomic E-state index is -3.93. The molecule has 21 heavy (non-hydrogen) atoms. The molecule has 0 radical (unpaired) electrons. The van der Waals surface area contributed by atoms with Crippen LogP contribution in [0.15, 0.2) is 23.1 Å². The van der Waals surface area contributed by atoms with Crippen LogP contribution in [0, 0.1) is 12.7 Å². The van der Waals surface area contributed by atoms with Gasteiger partial charge in [-0.05, 0) is 19.1 Å². The van der Waals surface area contributed by atoms with Crippen LogP contribution in [-0.4, -0.2) is 25.3 Å². The predicted octanol–water partition coefficient (Wildman–Crippen LogP) is 1.26. The molecule has 9 heteroatoms. The van der Waals surface area contributed by atoms with Crippen molar-refractivity contribution in [2.45, 2.75) is 11.8 Å². The van der Waals surface area contributed by atoms with Crippen LogP contribution in [0.3, 0.4) is 0 Å². The van der Waals surface area contributed by atoms with E-state index in [9.17, 15) is 12.8 Å². The summed E-state index contributed by atoms with van der Waals surface area (Å²) in [4.78, 5) is -0.103. The third kappa shape index (κ3) is 2.77. The average molecular weight is 314 g/mol. The molecule has 1 heterocycles. The lowest BCUT2D eigenvalue weighted by Crippen LogP contribution is -2.15. The van der Waals surface area contributed by atoms with E-state index in [0.717, 1.165) is 6.07 Å². The van der Waals surface area contributed by atoms with Crippen molar-refractivity contribution in [2.24, 2.45) is 7.05 Å². The molecule has 114 valence electrons. The molecule has 0 aliphatic heterocycles. The summed E-state index contributed by atoms with van der Waals surface area (Å²) in [5, 5.41) is 3.86. The Hall–Kier alpha value is -2.29. The number of hydrogen-bond acceptors (Lipinski definition) is 5. The van der Waals surface area contributed by atoms with Gasteiger partial charge in [0.05, 0.1) is 18.5 Å². The van der Waals surface area contributed by atoms with Gasteiger partial charge in [0.25, 0.3) is 10.0 Å². The summed E-state index contributed by atoms with van der Waals surface area (Å²) in [6.45, 7) is 1.59. The standard InChI is InChI=1S/C12H15FN4O3S/c1-7-11(12(14)15-17(7)2)21(18,19)16-8-4-5-9(13)10(6-8)20-3/h4-6,16H,1-3H3,(H2,14,15). The highest BCUT2D eigenvalue weighted by Gasteiger charge is 2.25. The number of rotatable bonds is 4. The van der Waals surface area contributed by atoms with Gasteiger partial charge in [0.15, 0.2) is 22.3 Å². The fourth-order valence-electron chi connectivity index (χ4n) is 1.88. The molecule has 3 N–H and O–H groups in total. The molecule has 1 aromatic carbocycles. The van der Waals surface area contributed by atoms with Crippen LogP contribution in [0.2, 0.25) is 0 Å². The quantitative estimate of drug-likeness (QED) is 0.885. The molecular weight excluding hydrogens is 299 g/mol. The third-order valence-electron chi connectivity index (χ3n) is 2.98. The SMILES string of the molecule is COc1cc(NS(=O)(=O)c2c(N)nn(C)c2C)ccc1F. The van der Waals surface area contributed by atoms with Crippen LogP contribution in [0.1, 0.15) is 5.69 Å². The summed E-state index contributed by atoms with van der Waals surface area (Å²) in [5.74, 6) is -0.750. The zero-order valence-electron chi connectivity index (χ0n) is 11.7. The number of methoxy groups -OCH3 is 1. The summed E-state index contributed by atoms with van der Waals surface area (Å²) in [6.07, 6.45) is 0. The van der Waals surface area contributed by atoms with Crippen LogP contribution in [-0.2, 0) is 17.1 Å². The molecule has 0 bridgehead atoms. The second-order valence-corrected chi connectivity index (χ2v) is 6.00. The molecule has 0 aliphatic rings. The molecule has 0 aliphatic carbocycles. The van der Waals surface area contributed by atoms with Crippen LogP contribution < -0.4 is 15.2 Å². The summed E-state index contributed by atoms with van der Waals surface area (Å²) in [6, 6.07) is 3.64. The zero-order chi connectivity index (χ0) is 15.8. The first-order chi connectivity index (χ1) is 9.76. The molecule has 7 nitrogen and oxygen atoms in total. The molecule has 0 fully saturated rings. The molecule has 2 aromatic rings. The van der Waals surface area contributed by atoms with Crippen LogP contribution in [0.4, 0.5) is 15.9 Å². The zero-order valence-corrected chi connectivity index (χ0v) is 12.5.